The van der Waals surface area contributed by atoms with Crippen LogP contribution in [0.3, 0.4) is 0 Å². The summed E-state index contributed by atoms with van der Waals surface area (Å²) >= 11 is 6.11. The lowest BCUT2D eigenvalue weighted by atomic mass is 10.1. The predicted octanol–water partition coefficient (Wildman–Crippen LogP) is 3.67. The van der Waals surface area contributed by atoms with E-state index >= 15 is 0 Å². The molecule has 1 heterocycles. The SMILES string of the molecule is CCC(Cl)CNc1nccc2ccc(OC)cc12. The topological polar surface area (TPSA) is 34.2 Å². The molecule has 0 aliphatic heterocycles. The molecule has 1 aromatic carbocycles. The van der Waals surface area contributed by atoms with E-state index in [0.717, 1.165) is 28.8 Å². The van der Waals surface area contributed by atoms with Crippen molar-refractivity contribution in [1.29, 1.82) is 0 Å². The summed E-state index contributed by atoms with van der Waals surface area (Å²) in [6.45, 7) is 2.78. The maximum Gasteiger partial charge on any atom is 0.134 e. The Morgan fingerprint density at radius 3 is 2.94 bits per heavy atom. The van der Waals surface area contributed by atoms with Gasteiger partial charge in [-0.25, -0.2) is 4.98 Å². The summed E-state index contributed by atoms with van der Waals surface area (Å²) in [6, 6.07) is 7.94. The summed E-state index contributed by atoms with van der Waals surface area (Å²) in [4.78, 5) is 4.36. The van der Waals surface area contributed by atoms with Crippen molar-refractivity contribution >= 4 is 28.2 Å². The molecule has 0 saturated carbocycles. The van der Waals surface area contributed by atoms with Gasteiger partial charge < -0.3 is 10.1 Å². The van der Waals surface area contributed by atoms with E-state index in [4.69, 9.17) is 16.3 Å². The molecule has 0 spiro atoms. The van der Waals surface area contributed by atoms with Gasteiger partial charge in [0.15, 0.2) is 0 Å². The Morgan fingerprint density at radius 2 is 2.22 bits per heavy atom. The molecular weight excluding hydrogens is 248 g/mol. The largest absolute Gasteiger partial charge is 0.497 e. The number of aromatic nitrogens is 1. The molecule has 0 amide bonds. The predicted molar refractivity (Wildman–Crippen MR) is 76.7 cm³/mol. The molecule has 0 saturated heterocycles. The van der Waals surface area contributed by atoms with Gasteiger partial charge >= 0.3 is 0 Å². The van der Waals surface area contributed by atoms with Crippen molar-refractivity contribution in [3.05, 3.63) is 30.5 Å². The summed E-state index contributed by atoms with van der Waals surface area (Å²) in [5, 5.41) is 5.60. The number of pyridine rings is 1. The highest BCUT2D eigenvalue weighted by Crippen LogP contribution is 2.25. The minimum Gasteiger partial charge on any atom is -0.497 e. The number of ether oxygens (including phenoxy) is 1. The van der Waals surface area contributed by atoms with Crippen molar-refractivity contribution in [2.75, 3.05) is 19.0 Å². The van der Waals surface area contributed by atoms with Crippen molar-refractivity contribution in [1.82, 2.24) is 4.98 Å². The van der Waals surface area contributed by atoms with E-state index in [1.54, 1.807) is 13.3 Å². The quantitative estimate of drug-likeness (QED) is 0.837. The Bertz CT molecular complexity index is 530. The zero-order valence-corrected chi connectivity index (χ0v) is 11.4. The summed E-state index contributed by atoms with van der Waals surface area (Å²) in [6.07, 6.45) is 2.73. The number of methoxy groups -OCH3 is 1. The fraction of sp³-hybridized carbons (Fsp3) is 0.357. The standard InChI is InChI=1S/C14H17ClN2O/c1-3-11(15)9-17-14-13-8-12(18-2)5-4-10(13)6-7-16-14/h4-8,11H,3,9H2,1-2H3,(H,16,17). The van der Waals surface area contributed by atoms with Gasteiger partial charge in [-0.1, -0.05) is 13.0 Å². The average Bonchev–Trinajstić information content (AvgIpc) is 2.43. The maximum atomic E-state index is 6.11. The molecule has 3 nitrogen and oxygen atoms in total. The van der Waals surface area contributed by atoms with Crippen LogP contribution in [0.5, 0.6) is 5.75 Å². The lowest BCUT2D eigenvalue weighted by molar-refractivity contribution is 0.415. The number of anilines is 1. The lowest BCUT2D eigenvalue weighted by Gasteiger charge is -2.12. The highest BCUT2D eigenvalue weighted by Gasteiger charge is 2.06. The van der Waals surface area contributed by atoms with Crippen LogP contribution in [0, 0.1) is 0 Å². The number of hydrogen-bond acceptors (Lipinski definition) is 3. The van der Waals surface area contributed by atoms with Crippen LogP contribution in [0.2, 0.25) is 0 Å². The Kier molecular flexibility index (Phi) is 4.26. The van der Waals surface area contributed by atoms with Gasteiger partial charge in [-0.2, -0.15) is 0 Å². The first kappa shape index (κ1) is 13.0. The normalized spacial score (nSPS) is 12.4. The van der Waals surface area contributed by atoms with Gasteiger partial charge in [-0.05, 0) is 30.0 Å². The first-order valence-corrected chi connectivity index (χ1v) is 6.49. The highest BCUT2D eigenvalue weighted by molar-refractivity contribution is 6.20. The van der Waals surface area contributed by atoms with Crippen LogP contribution in [-0.2, 0) is 0 Å². The van der Waals surface area contributed by atoms with Gasteiger partial charge in [0.25, 0.3) is 0 Å². The van der Waals surface area contributed by atoms with Crippen molar-refractivity contribution in [2.45, 2.75) is 18.7 Å². The summed E-state index contributed by atoms with van der Waals surface area (Å²) in [7, 11) is 1.66. The molecular formula is C14H17ClN2O. The number of fused-ring (bicyclic) bond motifs is 1. The second-order valence-electron chi connectivity index (χ2n) is 4.13. The Hall–Kier alpha value is -1.48. The molecule has 4 heteroatoms. The molecule has 1 unspecified atom stereocenters. The monoisotopic (exact) mass is 264 g/mol. The van der Waals surface area contributed by atoms with Crippen LogP contribution in [0.15, 0.2) is 30.5 Å². The van der Waals surface area contributed by atoms with Crippen LogP contribution < -0.4 is 10.1 Å². The number of halogens is 1. The van der Waals surface area contributed by atoms with Crippen molar-refractivity contribution in [3.63, 3.8) is 0 Å². The Labute approximate surface area is 112 Å². The van der Waals surface area contributed by atoms with Crippen LogP contribution in [-0.4, -0.2) is 24.0 Å². The third-order valence-corrected chi connectivity index (χ3v) is 3.37. The summed E-state index contributed by atoms with van der Waals surface area (Å²) in [5.41, 5.74) is 0. The van der Waals surface area contributed by atoms with E-state index in [9.17, 15) is 0 Å². The zero-order chi connectivity index (χ0) is 13.0. The van der Waals surface area contributed by atoms with E-state index in [-0.39, 0.29) is 5.38 Å². The summed E-state index contributed by atoms with van der Waals surface area (Å²) in [5.74, 6) is 1.68. The maximum absolute atomic E-state index is 6.11. The molecule has 2 rings (SSSR count). The van der Waals surface area contributed by atoms with Gasteiger partial charge in [-0.15, -0.1) is 11.6 Å². The van der Waals surface area contributed by atoms with Gasteiger partial charge in [-0.3, -0.25) is 0 Å². The van der Waals surface area contributed by atoms with Gasteiger partial charge in [0.05, 0.1) is 12.5 Å². The van der Waals surface area contributed by atoms with Crippen LogP contribution in [0.25, 0.3) is 10.8 Å². The zero-order valence-electron chi connectivity index (χ0n) is 10.6. The molecule has 0 bridgehead atoms. The first-order valence-electron chi connectivity index (χ1n) is 6.05. The number of benzene rings is 1. The van der Waals surface area contributed by atoms with E-state index in [1.807, 2.05) is 24.3 Å². The van der Waals surface area contributed by atoms with E-state index in [2.05, 4.69) is 17.2 Å². The molecule has 2 aromatic rings. The number of nitrogens with one attached hydrogen (secondary N) is 1. The Balaban J connectivity index is 2.31. The van der Waals surface area contributed by atoms with E-state index in [0.29, 0.717) is 6.54 Å². The minimum absolute atomic E-state index is 0.118. The number of rotatable bonds is 5. The second-order valence-corrected chi connectivity index (χ2v) is 4.75. The molecule has 1 aromatic heterocycles. The molecule has 0 aliphatic carbocycles. The molecule has 96 valence electrons. The average molecular weight is 265 g/mol. The number of hydrogen-bond donors (Lipinski definition) is 1. The van der Waals surface area contributed by atoms with E-state index < -0.39 is 0 Å². The molecule has 1 N–H and O–H groups in total. The van der Waals surface area contributed by atoms with Gasteiger partial charge in [0.2, 0.25) is 0 Å². The Morgan fingerprint density at radius 1 is 1.39 bits per heavy atom. The van der Waals surface area contributed by atoms with Crippen LogP contribution in [0.4, 0.5) is 5.82 Å². The van der Waals surface area contributed by atoms with Crippen molar-refractivity contribution in [3.8, 4) is 5.75 Å². The highest BCUT2D eigenvalue weighted by atomic mass is 35.5. The molecule has 0 radical (unpaired) electrons. The smallest absolute Gasteiger partial charge is 0.134 e. The molecule has 0 fully saturated rings. The lowest BCUT2D eigenvalue weighted by Crippen LogP contribution is -2.14. The second kappa shape index (κ2) is 5.91. The molecule has 1 atom stereocenters. The summed E-state index contributed by atoms with van der Waals surface area (Å²) < 4.78 is 5.24. The van der Waals surface area contributed by atoms with Crippen molar-refractivity contribution < 1.29 is 4.74 Å². The minimum atomic E-state index is 0.118. The third kappa shape index (κ3) is 2.85. The van der Waals surface area contributed by atoms with E-state index in [1.165, 1.54) is 0 Å². The fourth-order valence-corrected chi connectivity index (χ4v) is 1.84. The van der Waals surface area contributed by atoms with Crippen molar-refractivity contribution in [2.24, 2.45) is 0 Å². The van der Waals surface area contributed by atoms with Crippen LogP contribution >= 0.6 is 11.6 Å². The van der Waals surface area contributed by atoms with Gasteiger partial charge in [0.1, 0.15) is 11.6 Å². The molecule has 0 aliphatic rings. The fourth-order valence-electron chi connectivity index (χ4n) is 1.77. The number of alkyl halides is 1. The first-order chi connectivity index (χ1) is 8.74. The van der Waals surface area contributed by atoms with Gasteiger partial charge in [0, 0.05) is 18.1 Å². The van der Waals surface area contributed by atoms with Crippen LogP contribution in [0.1, 0.15) is 13.3 Å². The molecule has 18 heavy (non-hydrogen) atoms. The number of nitrogens with zero attached hydrogens (tertiary/aromatic N) is 1. The third-order valence-electron chi connectivity index (χ3n) is 2.91.